The summed E-state index contributed by atoms with van der Waals surface area (Å²) in [5.74, 6) is -1.16. The highest BCUT2D eigenvalue weighted by atomic mass is 35.7. The summed E-state index contributed by atoms with van der Waals surface area (Å²) in [4.78, 5) is 2.37. The molecule has 1 aromatic rings. The van der Waals surface area contributed by atoms with Gasteiger partial charge in [-0.15, -0.1) is 0 Å². The van der Waals surface area contributed by atoms with Gasteiger partial charge in [-0.3, -0.25) is 0 Å². The van der Waals surface area contributed by atoms with Crippen molar-refractivity contribution < 1.29 is 12.8 Å². The number of hydrogen-bond acceptors (Lipinski definition) is 3. The Hall–Kier alpha value is -0.390. The summed E-state index contributed by atoms with van der Waals surface area (Å²) in [5, 5.41) is 0.00984. The van der Waals surface area contributed by atoms with Crippen molar-refractivity contribution in [2.24, 2.45) is 0 Å². The molecule has 12 heavy (non-hydrogen) atoms. The quantitative estimate of drug-likeness (QED) is 0.545. The van der Waals surface area contributed by atoms with Gasteiger partial charge in [0.15, 0.2) is 0 Å². The molecule has 0 fully saturated rings. The maximum atomic E-state index is 12.6. The Morgan fingerprint density at radius 3 is 2.50 bits per heavy atom. The average Bonchev–Trinajstić information content (AvgIpc) is 1.92. The Morgan fingerprint density at radius 1 is 1.50 bits per heavy atom. The zero-order valence-corrected chi connectivity index (χ0v) is 7.79. The lowest BCUT2D eigenvalue weighted by Gasteiger charge is -1.96. The van der Waals surface area contributed by atoms with Crippen LogP contribution in [-0.2, 0) is 9.05 Å². The summed E-state index contributed by atoms with van der Waals surface area (Å²) < 4.78 is 33.9. The van der Waals surface area contributed by atoms with Crippen molar-refractivity contribution in [3.63, 3.8) is 0 Å². The first kappa shape index (κ1) is 9.70. The standard InChI is InChI=1S/C5H2Cl2FNO2S/c6-3-1-4(12(7,10)11)5(8)9-2-3/h1-2H. The van der Waals surface area contributed by atoms with E-state index in [1.165, 1.54) is 0 Å². The van der Waals surface area contributed by atoms with Crippen LogP contribution >= 0.6 is 22.3 Å². The van der Waals surface area contributed by atoms with Crippen LogP contribution in [-0.4, -0.2) is 13.4 Å². The van der Waals surface area contributed by atoms with Crippen molar-refractivity contribution in [1.82, 2.24) is 4.98 Å². The van der Waals surface area contributed by atoms with Gasteiger partial charge in [0.05, 0.1) is 5.02 Å². The number of rotatable bonds is 1. The van der Waals surface area contributed by atoms with E-state index in [9.17, 15) is 12.8 Å². The Kier molecular flexibility index (Phi) is 2.55. The van der Waals surface area contributed by atoms with Crippen LogP contribution in [0.2, 0.25) is 5.02 Å². The molecule has 66 valence electrons. The zero-order valence-electron chi connectivity index (χ0n) is 5.46. The topological polar surface area (TPSA) is 47.0 Å². The van der Waals surface area contributed by atoms with Gasteiger partial charge in [0.2, 0.25) is 5.95 Å². The van der Waals surface area contributed by atoms with Crippen LogP contribution < -0.4 is 0 Å². The van der Waals surface area contributed by atoms with Crippen LogP contribution in [0.3, 0.4) is 0 Å². The molecule has 0 amide bonds. The molecule has 1 aromatic heterocycles. The summed E-state index contributed by atoms with van der Waals surface area (Å²) in [5.41, 5.74) is 0. The summed E-state index contributed by atoms with van der Waals surface area (Å²) in [6, 6.07) is 0.895. The van der Waals surface area contributed by atoms with Gasteiger partial charge in [0.1, 0.15) is 4.90 Å². The summed E-state index contributed by atoms with van der Waals surface area (Å²) in [6.07, 6.45) is 0.989. The minimum Gasteiger partial charge on any atom is -0.226 e. The van der Waals surface area contributed by atoms with Crippen LogP contribution in [0.4, 0.5) is 4.39 Å². The number of aromatic nitrogens is 1. The summed E-state index contributed by atoms with van der Waals surface area (Å²) in [6.45, 7) is 0. The van der Waals surface area contributed by atoms with E-state index in [1.54, 1.807) is 0 Å². The molecule has 0 atom stereocenters. The predicted molar refractivity (Wildman–Crippen MR) is 42.2 cm³/mol. The fourth-order valence-corrected chi connectivity index (χ4v) is 1.64. The van der Waals surface area contributed by atoms with E-state index in [-0.39, 0.29) is 5.02 Å². The highest BCUT2D eigenvalue weighted by Gasteiger charge is 2.17. The fourth-order valence-electron chi connectivity index (χ4n) is 0.575. The Balaban J connectivity index is 3.43. The molecule has 0 aliphatic rings. The molecular weight excluding hydrogens is 228 g/mol. The number of halogens is 3. The van der Waals surface area contributed by atoms with Crippen LogP contribution in [0.1, 0.15) is 0 Å². The van der Waals surface area contributed by atoms with Crippen molar-refractivity contribution >= 4 is 31.3 Å². The molecule has 0 unspecified atom stereocenters. The van der Waals surface area contributed by atoms with Gasteiger partial charge < -0.3 is 0 Å². The number of hydrogen-bond donors (Lipinski definition) is 0. The predicted octanol–water partition coefficient (Wildman–Crippen LogP) is 1.80. The molecule has 0 spiro atoms. The molecule has 0 aromatic carbocycles. The van der Waals surface area contributed by atoms with Gasteiger partial charge in [-0.05, 0) is 6.07 Å². The molecule has 1 heterocycles. The first-order valence-corrected chi connectivity index (χ1v) is 5.35. The Labute approximate surface area is 77.6 Å². The minimum atomic E-state index is -4.11. The van der Waals surface area contributed by atoms with Crippen LogP contribution in [0, 0.1) is 5.95 Å². The van der Waals surface area contributed by atoms with Gasteiger partial charge >= 0.3 is 0 Å². The van der Waals surface area contributed by atoms with E-state index in [0.717, 1.165) is 12.3 Å². The lowest BCUT2D eigenvalue weighted by molar-refractivity contribution is 0.543. The average molecular weight is 230 g/mol. The normalized spacial score (nSPS) is 11.6. The summed E-state index contributed by atoms with van der Waals surface area (Å²) >= 11 is 5.37. The molecule has 3 nitrogen and oxygen atoms in total. The third kappa shape index (κ3) is 2.06. The second-order valence-corrected chi connectivity index (χ2v) is 4.85. The van der Waals surface area contributed by atoms with Crippen LogP contribution in [0.5, 0.6) is 0 Å². The first-order chi connectivity index (χ1) is 5.41. The Bertz CT molecular complexity index is 406. The molecule has 0 N–H and O–H groups in total. The molecule has 0 radical (unpaired) electrons. The maximum absolute atomic E-state index is 12.6. The molecule has 0 saturated carbocycles. The van der Waals surface area contributed by atoms with Gasteiger partial charge in [-0.2, -0.15) is 4.39 Å². The van der Waals surface area contributed by atoms with Gasteiger partial charge in [0.25, 0.3) is 9.05 Å². The van der Waals surface area contributed by atoms with Crippen molar-refractivity contribution in [1.29, 1.82) is 0 Å². The minimum absolute atomic E-state index is 0.00984. The van der Waals surface area contributed by atoms with Crippen molar-refractivity contribution in [2.45, 2.75) is 4.90 Å². The van der Waals surface area contributed by atoms with E-state index in [1.807, 2.05) is 0 Å². The summed E-state index contributed by atoms with van der Waals surface area (Å²) in [7, 11) is 0.764. The molecular formula is C5H2Cl2FNO2S. The van der Waals surface area contributed by atoms with E-state index in [4.69, 9.17) is 22.3 Å². The zero-order chi connectivity index (χ0) is 9.35. The molecule has 0 saturated heterocycles. The highest BCUT2D eigenvalue weighted by Crippen LogP contribution is 2.20. The van der Waals surface area contributed by atoms with Gasteiger partial charge in [-0.25, -0.2) is 13.4 Å². The molecule has 0 aliphatic heterocycles. The third-order valence-electron chi connectivity index (χ3n) is 1.04. The number of pyridine rings is 1. The highest BCUT2D eigenvalue weighted by molar-refractivity contribution is 8.13. The van der Waals surface area contributed by atoms with E-state index in [2.05, 4.69) is 4.98 Å². The number of nitrogens with zero attached hydrogens (tertiary/aromatic N) is 1. The van der Waals surface area contributed by atoms with E-state index in [0.29, 0.717) is 0 Å². The lowest BCUT2D eigenvalue weighted by Crippen LogP contribution is -1.97. The van der Waals surface area contributed by atoms with Gasteiger partial charge in [-0.1, -0.05) is 11.6 Å². The van der Waals surface area contributed by atoms with E-state index >= 15 is 0 Å². The maximum Gasteiger partial charge on any atom is 0.265 e. The van der Waals surface area contributed by atoms with E-state index < -0.39 is 19.9 Å². The van der Waals surface area contributed by atoms with Crippen molar-refractivity contribution in [3.05, 3.63) is 23.2 Å². The smallest absolute Gasteiger partial charge is 0.226 e. The third-order valence-corrected chi connectivity index (χ3v) is 2.55. The molecule has 7 heteroatoms. The largest absolute Gasteiger partial charge is 0.265 e. The Morgan fingerprint density at radius 2 is 2.08 bits per heavy atom. The first-order valence-electron chi connectivity index (χ1n) is 2.67. The molecule has 1 rings (SSSR count). The van der Waals surface area contributed by atoms with Crippen LogP contribution in [0.15, 0.2) is 17.2 Å². The second-order valence-electron chi connectivity index (χ2n) is 1.88. The van der Waals surface area contributed by atoms with Crippen molar-refractivity contribution in [2.75, 3.05) is 0 Å². The molecule has 0 bridgehead atoms. The fraction of sp³-hybridized carbons (Fsp3) is 0. The SMILES string of the molecule is O=S(=O)(Cl)c1cc(Cl)cnc1F. The van der Waals surface area contributed by atoms with Crippen molar-refractivity contribution in [3.8, 4) is 0 Å². The molecule has 0 aliphatic carbocycles. The van der Waals surface area contributed by atoms with Crippen LogP contribution in [0.25, 0.3) is 0 Å². The van der Waals surface area contributed by atoms with Gasteiger partial charge in [0, 0.05) is 16.9 Å². The second kappa shape index (κ2) is 3.16. The lowest BCUT2D eigenvalue weighted by atomic mass is 10.5. The monoisotopic (exact) mass is 229 g/mol.